The Morgan fingerprint density at radius 2 is 1.63 bits per heavy atom. The number of ketones is 2. The molecule has 2 aromatic rings. The number of amides is 1. The Balaban J connectivity index is 1.34. The molecule has 1 unspecified atom stereocenters. The van der Waals surface area contributed by atoms with Gasteiger partial charge in [0, 0.05) is 43.0 Å². The van der Waals surface area contributed by atoms with Crippen molar-refractivity contribution in [3.05, 3.63) is 71.8 Å². The number of anilines is 1. The number of esters is 2. The molecule has 0 aromatic heterocycles. The van der Waals surface area contributed by atoms with Crippen molar-refractivity contribution in [3.63, 3.8) is 0 Å². The zero-order valence-electron chi connectivity index (χ0n) is 19.5. The molecule has 1 aliphatic rings. The number of ether oxygens (including phenoxy) is 2. The highest BCUT2D eigenvalue weighted by molar-refractivity contribution is 6.04. The first-order valence-electron chi connectivity index (χ1n) is 11.4. The molecule has 8 nitrogen and oxygen atoms in total. The molecule has 182 valence electrons. The van der Waals surface area contributed by atoms with Crippen LogP contribution in [0.4, 0.5) is 5.69 Å². The number of benzene rings is 2. The predicted molar refractivity (Wildman–Crippen MR) is 128 cm³/mol. The summed E-state index contributed by atoms with van der Waals surface area (Å²) < 4.78 is 10.3. The molecular formula is C27H27NO7. The van der Waals surface area contributed by atoms with Gasteiger partial charge in [0.1, 0.15) is 17.6 Å². The molecule has 0 saturated heterocycles. The van der Waals surface area contributed by atoms with Crippen LogP contribution >= 0.6 is 0 Å². The molecule has 1 aliphatic carbocycles. The van der Waals surface area contributed by atoms with Crippen LogP contribution in [-0.4, -0.2) is 35.5 Å². The molecule has 35 heavy (non-hydrogen) atoms. The molecule has 0 radical (unpaired) electrons. The third kappa shape index (κ3) is 8.33. The molecule has 0 aliphatic heterocycles. The SMILES string of the molecule is CC(=O)OC1C=C(CC(=O)CCCCC(=O)Oc2ccc(NC(=O)c3ccccc3)cc2)C(=O)C1. The minimum atomic E-state index is -0.591. The standard InChI is InChI=1S/C27H27NO7/c1-18(29)34-24-16-20(25(31)17-24)15-22(30)9-5-6-10-26(32)35-23-13-11-21(12-14-23)28-27(33)19-7-3-2-4-8-19/h2-4,7-8,11-14,16,24H,5-6,9-10,15,17H2,1H3,(H,28,33). The molecule has 1 atom stereocenters. The molecule has 0 bridgehead atoms. The lowest BCUT2D eigenvalue weighted by Gasteiger charge is -2.07. The van der Waals surface area contributed by atoms with Gasteiger partial charge in [-0.25, -0.2) is 0 Å². The highest BCUT2D eigenvalue weighted by Gasteiger charge is 2.27. The van der Waals surface area contributed by atoms with Gasteiger partial charge in [-0.3, -0.25) is 24.0 Å². The number of unbranched alkanes of at least 4 members (excludes halogenated alkanes) is 1. The van der Waals surface area contributed by atoms with Gasteiger partial charge in [-0.15, -0.1) is 0 Å². The first-order chi connectivity index (χ1) is 16.8. The lowest BCUT2D eigenvalue weighted by atomic mass is 10.0. The number of rotatable bonds is 11. The summed E-state index contributed by atoms with van der Waals surface area (Å²) in [4.78, 5) is 59.4. The second-order valence-electron chi connectivity index (χ2n) is 8.21. The van der Waals surface area contributed by atoms with Crippen molar-refractivity contribution >= 4 is 35.1 Å². The minimum absolute atomic E-state index is 0.00814. The highest BCUT2D eigenvalue weighted by atomic mass is 16.5. The van der Waals surface area contributed by atoms with Gasteiger partial charge in [-0.2, -0.15) is 0 Å². The third-order valence-electron chi connectivity index (χ3n) is 5.30. The monoisotopic (exact) mass is 477 g/mol. The van der Waals surface area contributed by atoms with Crippen LogP contribution in [0.25, 0.3) is 0 Å². The van der Waals surface area contributed by atoms with Crippen LogP contribution in [-0.2, 0) is 23.9 Å². The molecule has 0 saturated carbocycles. The molecule has 8 heteroatoms. The highest BCUT2D eigenvalue weighted by Crippen LogP contribution is 2.22. The molecule has 0 fully saturated rings. The van der Waals surface area contributed by atoms with Gasteiger partial charge in [0.05, 0.1) is 6.42 Å². The van der Waals surface area contributed by atoms with Crippen molar-refractivity contribution in [2.24, 2.45) is 0 Å². The van der Waals surface area contributed by atoms with Crippen LogP contribution in [0.3, 0.4) is 0 Å². The summed E-state index contributed by atoms with van der Waals surface area (Å²) in [6.07, 6.45) is 2.39. The van der Waals surface area contributed by atoms with E-state index in [-0.39, 0.29) is 43.2 Å². The Morgan fingerprint density at radius 1 is 0.943 bits per heavy atom. The van der Waals surface area contributed by atoms with E-state index in [9.17, 15) is 24.0 Å². The van der Waals surface area contributed by atoms with E-state index in [1.54, 1.807) is 48.5 Å². The van der Waals surface area contributed by atoms with Crippen molar-refractivity contribution < 1.29 is 33.4 Å². The lowest BCUT2D eigenvalue weighted by molar-refractivity contribution is -0.144. The minimum Gasteiger partial charge on any atom is -0.458 e. The summed E-state index contributed by atoms with van der Waals surface area (Å²) in [5.74, 6) is -1.05. The van der Waals surface area contributed by atoms with Gasteiger partial charge in [0.25, 0.3) is 5.91 Å². The first kappa shape index (κ1) is 25.6. The van der Waals surface area contributed by atoms with E-state index in [4.69, 9.17) is 9.47 Å². The van der Waals surface area contributed by atoms with E-state index in [0.29, 0.717) is 35.4 Å². The van der Waals surface area contributed by atoms with Crippen LogP contribution in [0.15, 0.2) is 66.2 Å². The molecule has 2 aromatic carbocycles. The van der Waals surface area contributed by atoms with Gasteiger partial charge < -0.3 is 14.8 Å². The summed E-state index contributed by atoms with van der Waals surface area (Å²) in [7, 11) is 0. The Bertz CT molecular complexity index is 1120. The number of Topliss-reactive ketones (excluding diaryl/α,β-unsaturated/α-hetero) is 2. The largest absolute Gasteiger partial charge is 0.458 e. The Kier molecular flexibility index (Phi) is 9.06. The zero-order chi connectivity index (χ0) is 25.2. The summed E-state index contributed by atoms with van der Waals surface area (Å²) in [6.45, 7) is 1.27. The van der Waals surface area contributed by atoms with E-state index in [1.165, 1.54) is 13.0 Å². The average molecular weight is 478 g/mol. The maximum absolute atomic E-state index is 12.2. The smallest absolute Gasteiger partial charge is 0.311 e. The van der Waals surface area contributed by atoms with E-state index in [2.05, 4.69) is 5.32 Å². The van der Waals surface area contributed by atoms with Gasteiger partial charge >= 0.3 is 11.9 Å². The van der Waals surface area contributed by atoms with Crippen molar-refractivity contribution in [2.75, 3.05) is 5.32 Å². The molecule has 1 N–H and O–H groups in total. The summed E-state index contributed by atoms with van der Waals surface area (Å²) >= 11 is 0. The quantitative estimate of drug-likeness (QED) is 0.293. The van der Waals surface area contributed by atoms with Crippen LogP contribution in [0.2, 0.25) is 0 Å². The second-order valence-corrected chi connectivity index (χ2v) is 8.21. The second kappa shape index (κ2) is 12.4. The van der Waals surface area contributed by atoms with Crippen molar-refractivity contribution in [3.8, 4) is 5.75 Å². The van der Waals surface area contributed by atoms with Crippen molar-refractivity contribution in [1.82, 2.24) is 0 Å². The fourth-order valence-electron chi connectivity index (χ4n) is 3.61. The number of hydrogen-bond donors (Lipinski definition) is 1. The third-order valence-corrected chi connectivity index (χ3v) is 5.30. The number of allylic oxidation sites excluding steroid dienone is 1. The molecular weight excluding hydrogens is 450 g/mol. The molecule has 0 spiro atoms. The topological polar surface area (TPSA) is 116 Å². The van der Waals surface area contributed by atoms with E-state index in [1.807, 2.05) is 6.07 Å². The van der Waals surface area contributed by atoms with Crippen molar-refractivity contribution in [2.45, 2.75) is 51.6 Å². The van der Waals surface area contributed by atoms with Crippen molar-refractivity contribution in [1.29, 1.82) is 0 Å². The fourth-order valence-corrected chi connectivity index (χ4v) is 3.61. The number of nitrogens with one attached hydrogen (secondary N) is 1. The molecule has 1 amide bonds. The van der Waals surface area contributed by atoms with E-state index >= 15 is 0 Å². The molecule has 3 rings (SSSR count). The Morgan fingerprint density at radius 3 is 2.31 bits per heavy atom. The van der Waals surface area contributed by atoms with Gasteiger partial charge in [0.15, 0.2) is 5.78 Å². The molecule has 0 heterocycles. The lowest BCUT2D eigenvalue weighted by Crippen LogP contribution is -2.12. The summed E-state index contributed by atoms with van der Waals surface area (Å²) in [5, 5.41) is 2.77. The van der Waals surface area contributed by atoms with Crippen LogP contribution in [0.5, 0.6) is 5.75 Å². The Hall–Kier alpha value is -4.07. The number of carbonyl (C=O) groups is 5. The number of hydrogen-bond acceptors (Lipinski definition) is 7. The average Bonchev–Trinajstić information content (AvgIpc) is 3.16. The van der Waals surface area contributed by atoms with Gasteiger partial charge in [0.2, 0.25) is 0 Å². The van der Waals surface area contributed by atoms with E-state index < -0.39 is 18.0 Å². The van der Waals surface area contributed by atoms with E-state index in [0.717, 1.165) is 0 Å². The zero-order valence-corrected chi connectivity index (χ0v) is 19.5. The fraction of sp³-hybridized carbons (Fsp3) is 0.296. The van der Waals surface area contributed by atoms with Crippen LogP contribution in [0, 0.1) is 0 Å². The maximum Gasteiger partial charge on any atom is 0.311 e. The normalized spacial score (nSPS) is 14.7. The maximum atomic E-state index is 12.2. The summed E-state index contributed by atoms with van der Waals surface area (Å²) in [5.41, 5.74) is 1.50. The number of carbonyl (C=O) groups excluding carboxylic acids is 5. The van der Waals surface area contributed by atoms with Crippen LogP contribution in [0.1, 0.15) is 55.8 Å². The van der Waals surface area contributed by atoms with Gasteiger partial charge in [-0.1, -0.05) is 18.2 Å². The summed E-state index contributed by atoms with van der Waals surface area (Å²) in [6, 6.07) is 15.3. The van der Waals surface area contributed by atoms with Gasteiger partial charge in [-0.05, 0) is 55.3 Å². The Labute approximate surface area is 203 Å². The first-order valence-corrected chi connectivity index (χ1v) is 11.4. The predicted octanol–water partition coefficient (Wildman–Crippen LogP) is 4.19. The van der Waals surface area contributed by atoms with Crippen LogP contribution < -0.4 is 10.1 Å².